The normalized spacial score (nSPS) is 19.4. The Bertz CT molecular complexity index is 1030. The summed E-state index contributed by atoms with van der Waals surface area (Å²) in [5.41, 5.74) is 2.98. The lowest BCUT2D eigenvalue weighted by Crippen LogP contribution is -2.58. The molecule has 0 bridgehead atoms. The number of amides is 1. The van der Waals surface area contributed by atoms with Gasteiger partial charge in [-0.25, -0.2) is 4.79 Å². The minimum absolute atomic E-state index is 0.0384. The number of carboxylic acid groups (broad SMARTS) is 1. The lowest BCUT2D eigenvalue weighted by atomic mass is 10.0. The second-order valence-electron chi connectivity index (χ2n) is 8.16. The summed E-state index contributed by atoms with van der Waals surface area (Å²) in [6.07, 6.45) is 1.64. The highest BCUT2D eigenvalue weighted by atomic mass is 16.4. The number of benzene rings is 2. The molecule has 1 saturated heterocycles. The van der Waals surface area contributed by atoms with E-state index in [-0.39, 0.29) is 18.0 Å². The largest absolute Gasteiger partial charge is 0.478 e. The number of furan rings is 1. The molecule has 1 N–H and O–H groups in total. The van der Waals surface area contributed by atoms with Crippen LogP contribution in [0.2, 0.25) is 0 Å². The van der Waals surface area contributed by atoms with Crippen LogP contribution in [-0.4, -0.2) is 52.0 Å². The van der Waals surface area contributed by atoms with Crippen LogP contribution < -0.4 is 0 Å². The van der Waals surface area contributed by atoms with Gasteiger partial charge in [-0.2, -0.15) is 0 Å². The third-order valence-electron chi connectivity index (χ3n) is 5.77. The van der Waals surface area contributed by atoms with E-state index in [4.69, 9.17) is 9.52 Å². The van der Waals surface area contributed by atoms with Crippen LogP contribution in [0.3, 0.4) is 0 Å². The molecule has 6 heteroatoms. The second kappa shape index (κ2) is 8.78. The van der Waals surface area contributed by atoms with Crippen molar-refractivity contribution < 1.29 is 19.1 Å². The van der Waals surface area contributed by atoms with Crippen LogP contribution in [-0.2, 0) is 6.54 Å². The lowest BCUT2D eigenvalue weighted by Gasteiger charge is -2.44. The Morgan fingerprint density at radius 2 is 1.55 bits per heavy atom. The molecule has 0 saturated carbocycles. The second-order valence-corrected chi connectivity index (χ2v) is 8.16. The molecule has 160 valence electrons. The summed E-state index contributed by atoms with van der Waals surface area (Å²) in [6, 6.07) is 18.4. The van der Waals surface area contributed by atoms with E-state index in [2.05, 4.69) is 18.7 Å². The van der Waals surface area contributed by atoms with Crippen LogP contribution in [0.15, 0.2) is 71.3 Å². The topological polar surface area (TPSA) is 74.0 Å². The zero-order valence-corrected chi connectivity index (χ0v) is 17.7. The number of carbonyl (C=O) groups excluding carboxylic acids is 1. The minimum Gasteiger partial charge on any atom is -0.478 e. The van der Waals surface area contributed by atoms with Gasteiger partial charge in [-0.3, -0.25) is 9.69 Å². The van der Waals surface area contributed by atoms with E-state index < -0.39 is 5.97 Å². The molecule has 2 atom stereocenters. The monoisotopic (exact) mass is 418 g/mol. The molecule has 2 aromatic carbocycles. The molecular formula is C25H26N2O4. The van der Waals surface area contributed by atoms with Crippen LogP contribution >= 0.6 is 0 Å². The summed E-state index contributed by atoms with van der Waals surface area (Å²) in [4.78, 5) is 28.5. The van der Waals surface area contributed by atoms with Crippen molar-refractivity contribution in [2.24, 2.45) is 0 Å². The highest BCUT2D eigenvalue weighted by Crippen LogP contribution is 2.24. The summed E-state index contributed by atoms with van der Waals surface area (Å²) in [6.45, 7) is 6.41. The molecule has 6 nitrogen and oxygen atoms in total. The summed E-state index contributed by atoms with van der Waals surface area (Å²) in [5.74, 6) is -0.0969. The maximum atomic E-state index is 13.2. The van der Waals surface area contributed by atoms with Gasteiger partial charge in [0.15, 0.2) is 0 Å². The lowest BCUT2D eigenvalue weighted by molar-refractivity contribution is 0.0268. The van der Waals surface area contributed by atoms with Crippen LogP contribution in [0.25, 0.3) is 11.3 Å². The maximum absolute atomic E-state index is 13.2. The zero-order chi connectivity index (χ0) is 22.0. The number of hydrogen-bond donors (Lipinski definition) is 1. The molecule has 2 heterocycles. The van der Waals surface area contributed by atoms with Gasteiger partial charge in [0.1, 0.15) is 5.76 Å². The van der Waals surface area contributed by atoms with Gasteiger partial charge < -0.3 is 14.4 Å². The average Bonchev–Trinajstić information content (AvgIpc) is 3.28. The van der Waals surface area contributed by atoms with Crippen molar-refractivity contribution in [2.45, 2.75) is 32.5 Å². The molecule has 31 heavy (non-hydrogen) atoms. The van der Waals surface area contributed by atoms with Gasteiger partial charge in [0.2, 0.25) is 0 Å². The summed E-state index contributed by atoms with van der Waals surface area (Å²) in [7, 11) is 0. The zero-order valence-electron chi connectivity index (χ0n) is 17.7. The molecule has 0 radical (unpaired) electrons. The van der Waals surface area contributed by atoms with Gasteiger partial charge in [-0.15, -0.1) is 0 Å². The molecular weight excluding hydrogens is 392 g/mol. The van der Waals surface area contributed by atoms with Crippen molar-refractivity contribution in [3.8, 4) is 11.3 Å². The predicted molar refractivity (Wildman–Crippen MR) is 118 cm³/mol. The molecule has 1 aliphatic rings. The summed E-state index contributed by atoms with van der Waals surface area (Å²) >= 11 is 0. The van der Waals surface area contributed by atoms with E-state index in [1.807, 2.05) is 53.4 Å². The van der Waals surface area contributed by atoms with Crippen molar-refractivity contribution in [1.82, 2.24) is 9.80 Å². The van der Waals surface area contributed by atoms with Gasteiger partial charge in [0, 0.05) is 42.8 Å². The number of piperazine rings is 1. The average molecular weight is 418 g/mol. The Morgan fingerprint density at radius 3 is 2.10 bits per heavy atom. The SMILES string of the molecule is C[C@@H]1CN(Cc2ccc(C(=O)O)cc2)C[C@H](C)N1C(=O)c1ccc(-c2ccco2)cc1. The van der Waals surface area contributed by atoms with Crippen LogP contribution in [0.4, 0.5) is 0 Å². The van der Waals surface area contributed by atoms with Crippen molar-refractivity contribution in [2.75, 3.05) is 13.1 Å². The van der Waals surface area contributed by atoms with Crippen molar-refractivity contribution in [1.29, 1.82) is 0 Å². The molecule has 3 aromatic rings. The van der Waals surface area contributed by atoms with Gasteiger partial charge in [-0.1, -0.05) is 24.3 Å². The Morgan fingerprint density at radius 1 is 0.935 bits per heavy atom. The van der Waals surface area contributed by atoms with Crippen molar-refractivity contribution >= 4 is 11.9 Å². The van der Waals surface area contributed by atoms with Crippen LogP contribution in [0.5, 0.6) is 0 Å². The minimum atomic E-state index is -0.918. The number of carbonyl (C=O) groups is 2. The molecule has 1 amide bonds. The highest BCUT2D eigenvalue weighted by Gasteiger charge is 2.33. The van der Waals surface area contributed by atoms with Crippen LogP contribution in [0, 0.1) is 0 Å². The van der Waals surface area contributed by atoms with Gasteiger partial charge in [-0.05, 0) is 55.8 Å². The van der Waals surface area contributed by atoms with E-state index in [9.17, 15) is 9.59 Å². The molecule has 1 fully saturated rings. The fourth-order valence-corrected chi connectivity index (χ4v) is 4.34. The fraction of sp³-hybridized carbons (Fsp3) is 0.280. The molecule has 0 aliphatic carbocycles. The Hall–Kier alpha value is -3.38. The smallest absolute Gasteiger partial charge is 0.335 e. The molecule has 1 aliphatic heterocycles. The fourth-order valence-electron chi connectivity index (χ4n) is 4.34. The van der Waals surface area contributed by atoms with Gasteiger partial charge >= 0.3 is 5.97 Å². The van der Waals surface area contributed by atoms with Crippen LogP contribution in [0.1, 0.15) is 40.1 Å². The molecule has 4 rings (SSSR count). The number of aromatic carboxylic acids is 1. The first-order valence-corrected chi connectivity index (χ1v) is 10.4. The molecule has 0 unspecified atom stereocenters. The maximum Gasteiger partial charge on any atom is 0.335 e. The van der Waals surface area contributed by atoms with Gasteiger partial charge in [0.25, 0.3) is 5.91 Å². The first-order chi connectivity index (χ1) is 14.9. The Kier molecular flexibility index (Phi) is 5.91. The van der Waals surface area contributed by atoms with E-state index in [0.29, 0.717) is 11.1 Å². The third-order valence-corrected chi connectivity index (χ3v) is 5.77. The number of nitrogens with zero attached hydrogens (tertiary/aromatic N) is 2. The Labute approximate surface area is 181 Å². The van der Waals surface area contributed by atoms with E-state index >= 15 is 0 Å². The summed E-state index contributed by atoms with van der Waals surface area (Å²) < 4.78 is 5.42. The third kappa shape index (κ3) is 4.54. The standard InChI is InChI=1S/C25H26N2O4/c1-17-14-26(16-19-5-7-22(8-6-19)25(29)30)15-18(2)27(17)24(28)21-11-9-20(10-12-21)23-4-3-13-31-23/h3-13,17-18H,14-16H2,1-2H3,(H,29,30)/t17-,18+. The Balaban J connectivity index is 1.41. The van der Waals surface area contributed by atoms with E-state index in [1.165, 1.54) is 0 Å². The first kappa shape index (κ1) is 20.9. The summed E-state index contributed by atoms with van der Waals surface area (Å²) in [5, 5.41) is 9.05. The van der Waals surface area contributed by atoms with E-state index in [0.717, 1.165) is 36.5 Å². The number of rotatable bonds is 5. The predicted octanol–water partition coefficient (Wildman–Crippen LogP) is 4.38. The van der Waals surface area contributed by atoms with Crippen molar-refractivity contribution in [3.05, 3.63) is 83.6 Å². The highest BCUT2D eigenvalue weighted by molar-refractivity contribution is 5.95. The number of carboxylic acids is 1. The van der Waals surface area contributed by atoms with Gasteiger partial charge in [0.05, 0.1) is 11.8 Å². The first-order valence-electron chi connectivity index (χ1n) is 10.4. The molecule has 0 spiro atoms. The van der Waals surface area contributed by atoms with E-state index in [1.54, 1.807) is 18.4 Å². The molecule has 1 aromatic heterocycles. The number of hydrogen-bond acceptors (Lipinski definition) is 4. The van der Waals surface area contributed by atoms with Crippen molar-refractivity contribution in [3.63, 3.8) is 0 Å². The quantitative estimate of drug-likeness (QED) is 0.666.